The molecule has 3 nitrogen and oxygen atoms in total. The predicted molar refractivity (Wildman–Crippen MR) is 76.8 cm³/mol. The Bertz CT molecular complexity index is 359. The average molecular weight is 247 g/mol. The third-order valence-corrected chi connectivity index (χ3v) is 3.91. The van der Waals surface area contributed by atoms with E-state index in [0.717, 1.165) is 12.5 Å². The molecule has 1 N–H and O–H groups in total. The summed E-state index contributed by atoms with van der Waals surface area (Å²) in [6.07, 6.45) is 10.9. The van der Waals surface area contributed by atoms with Gasteiger partial charge in [-0.15, -0.1) is 0 Å². The molecule has 0 amide bonds. The zero-order valence-electron chi connectivity index (χ0n) is 11.7. The van der Waals surface area contributed by atoms with E-state index < -0.39 is 0 Å². The van der Waals surface area contributed by atoms with Crippen LogP contribution < -0.4 is 10.2 Å². The molecule has 0 aliphatic heterocycles. The van der Waals surface area contributed by atoms with E-state index in [9.17, 15) is 0 Å². The van der Waals surface area contributed by atoms with Gasteiger partial charge in [0.2, 0.25) is 0 Å². The van der Waals surface area contributed by atoms with Crippen molar-refractivity contribution in [1.82, 2.24) is 10.3 Å². The summed E-state index contributed by atoms with van der Waals surface area (Å²) in [5.74, 6) is 0.874. The maximum Gasteiger partial charge on any atom is 0.0440 e. The van der Waals surface area contributed by atoms with E-state index >= 15 is 0 Å². The Hall–Kier alpha value is -1.09. The highest BCUT2D eigenvalue weighted by molar-refractivity contribution is 5.51. The normalized spacial score (nSPS) is 16.8. The monoisotopic (exact) mass is 247 g/mol. The van der Waals surface area contributed by atoms with Gasteiger partial charge in [0.15, 0.2) is 0 Å². The van der Waals surface area contributed by atoms with Gasteiger partial charge in [-0.2, -0.15) is 0 Å². The maximum atomic E-state index is 4.23. The molecule has 0 spiro atoms. The lowest BCUT2D eigenvalue weighted by atomic mass is 9.89. The molecule has 1 aliphatic carbocycles. The number of nitrogens with one attached hydrogen (secondary N) is 1. The smallest absolute Gasteiger partial charge is 0.0440 e. The number of aromatic nitrogens is 1. The molecule has 1 fully saturated rings. The number of pyridine rings is 1. The Balaban J connectivity index is 2.00. The molecule has 1 heterocycles. The molecule has 18 heavy (non-hydrogen) atoms. The standard InChI is InChI=1S/C15H25N3/c1-16-10-14-11-17-9-8-15(14)18(2)12-13-6-4-3-5-7-13/h8-9,11,13,16H,3-7,10,12H2,1-2H3. The van der Waals surface area contributed by atoms with E-state index in [1.165, 1.54) is 49.9 Å². The van der Waals surface area contributed by atoms with Gasteiger partial charge in [0.05, 0.1) is 0 Å². The Morgan fingerprint density at radius 1 is 1.33 bits per heavy atom. The number of nitrogens with zero attached hydrogens (tertiary/aromatic N) is 2. The molecule has 1 aromatic rings. The summed E-state index contributed by atoms with van der Waals surface area (Å²) in [5.41, 5.74) is 2.61. The van der Waals surface area contributed by atoms with Crippen LogP contribution in [-0.2, 0) is 6.54 Å². The van der Waals surface area contributed by atoms with Gasteiger partial charge in [-0.25, -0.2) is 0 Å². The molecule has 100 valence electrons. The largest absolute Gasteiger partial charge is 0.374 e. The van der Waals surface area contributed by atoms with Crippen molar-refractivity contribution in [3.8, 4) is 0 Å². The first-order valence-electron chi connectivity index (χ1n) is 7.10. The molecule has 1 aliphatic rings. The highest BCUT2D eigenvalue weighted by atomic mass is 15.1. The van der Waals surface area contributed by atoms with Crippen LogP contribution in [0.2, 0.25) is 0 Å². The van der Waals surface area contributed by atoms with Crippen molar-refractivity contribution in [3.05, 3.63) is 24.0 Å². The highest BCUT2D eigenvalue weighted by Crippen LogP contribution is 2.26. The van der Waals surface area contributed by atoms with Gasteiger partial charge in [-0.05, 0) is 31.9 Å². The van der Waals surface area contributed by atoms with Crippen LogP contribution in [0.5, 0.6) is 0 Å². The summed E-state index contributed by atoms with van der Waals surface area (Å²) >= 11 is 0. The number of hydrogen-bond acceptors (Lipinski definition) is 3. The molecule has 1 saturated carbocycles. The van der Waals surface area contributed by atoms with Crippen LogP contribution in [0, 0.1) is 5.92 Å². The topological polar surface area (TPSA) is 28.2 Å². The van der Waals surface area contributed by atoms with E-state index in [0.29, 0.717) is 0 Å². The van der Waals surface area contributed by atoms with Gasteiger partial charge in [-0.1, -0.05) is 19.3 Å². The predicted octanol–water partition coefficient (Wildman–Crippen LogP) is 2.82. The van der Waals surface area contributed by atoms with Crippen molar-refractivity contribution in [3.63, 3.8) is 0 Å². The summed E-state index contributed by atoms with van der Waals surface area (Å²) in [4.78, 5) is 6.63. The second-order valence-corrected chi connectivity index (χ2v) is 5.42. The molecule has 1 aromatic heterocycles. The highest BCUT2D eigenvalue weighted by Gasteiger charge is 2.16. The molecule has 0 bridgehead atoms. The van der Waals surface area contributed by atoms with Crippen LogP contribution in [0.3, 0.4) is 0 Å². The molecule has 2 rings (SSSR count). The van der Waals surface area contributed by atoms with Crippen LogP contribution in [-0.4, -0.2) is 25.6 Å². The summed E-state index contributed by atoms with van der Waals surface area (Å²) in [6, 6.07) is 2.13. The first-order valence-corrected chi connectivity index (χ1v) is 7.10. The molecule has 3 heteroatoms. The lowest BCUT2D eigenvalue weighted by Gasteiger charge is -2.29. The molecular weight excluding hydrogens is 222 g/mol. The van der Waals surface area contributed by atoms with Crippen LogP contribution in [0.15, 0.2) is 18.5 Å². The van der Waals surface area contributed by atoms with Gasteiger partial charge in [0.1, 0.15) is 0 Å². The summed E-state index contributed by atoms with van der Waals surface area (Å²) in [6.45, 7) is 2.07. The first-order chi connectivity index (χ1) is 8.81. The lowest BCUT2D eigenvalue weighted by Crippen LogP contribution is -2.28. The molecule has 0 saturated heterocycles. The van der Waals surface area contributed by atoms with Crippen LogP contribution >= 0.6 is 0 Å². The van der Waals surface area contributed by atoms with Crippen molar-refractivity contribution in [2.45, 2.75) is 38.6 Å². The number of hydrogen-bond donors (Lipinski definition) is 1. The summed E-state index contributed by atoms with van der Waals surface area (Å²) in [7, 11) is 4.20. The fourth-order valence-corrected chi connectivity index (χ4v) is 2.97. The average Bonchev–Trinajstić information content (AvgIpc) is 2.41. The fraction of sp³-hybridized carbons (Fsp3) is 0.667. The Kier molecular flexibility index (Phi) is 5.00. The van der Waals surface area contributed by atoms with Crippen molar-refractivity contribution in [1.29, 1.82) is 0 Å². The molecule has 0 radical (unpaired) electrons. The summed E-state index contributed by atoms with van der Waals surface area (Å²) < 4.78 is 0. The zero-order chi connectivity index (χ0) is 12.8. The van der Waals surface area contributed by atoms with Gasteiger partial charge in [0.25, 0.3) is 0 Å². The minimum Gasteiger partial charge on any atom is -0.374 e. The minimum atomic E-state index is 0.874. The number of rotatable bonds is 5. The lowest BCUT2D eigenvalue weighted by molar-refractivity contribution is 0.362. The van der Waals surface area contributed by atoms with Gasteiger partial charge >= 0.3 is 0 Å². The second-order valence-electron chi connectivity index (χ2n) is 5.42. The van der Waals surface area contributed by atoms with E-state index in [2.05, 4.69) is 28.3 Å². The van der Waals surface area contributed by atoms with E-state index in [1.807, 2.05) is 19.4 Å². The summed E-state index contributed by atoms with van der Waals surface area (Å²) in [5, 5.41) is 3.22. The van der Waals surface area contributed by atoms with Gasteiger partial charge < -0.3 is 10.2 Å². The third kappa shape index (κ3) is 3.45. The minimum absolute atomic E-state index is 0.874. The van der Waals surface area contributed by atoms with Crippen molar-refractivity contribution < 1.29 is 0 Å². The quantitative estimate of drug-likeness (QED) is 0.867. The Morgan fingerprint density at radius 3 is 2.83 bits per heavy atom. The van der Waals surface area contributed by atoms with Gasteiger partial charge in [0, 0.05) is 43.8 Å². The Morgan fingerprint density at radius 2 is 2.11 bits per heavy atom. The van der Waals surface area contributed by atoms with E-state index in [4.69, 9.17) is 0 Å². The van der Waals surface area contributed by atoms with Crippen molar-refractivity contribution in [2.75, 3.05) is 25.5 Å². The SMILES string of the molecule is CNCc1cnccc1N(C)CC1CCCCC1. The molecule has 0 unspecified atom stereocenters. The zero-order valence-corrected chi connectivity index (χ0v) is 11.7. The van der Waals surface area contributed by atoms with Crippen molar-refractivity contribution in [2.24, 2.45) is 5.92 Å². The molecular formula is C15H25N3. The van der Waals surface area contributed by atoms with Gasteiger partial charge in [-0.3, -0.25) is 4.98 Å². The molecule has 0 atom stereocenters. The molecule has 0 aromatic carbocycles. The third-order valence-electron chi connectivity index (χ3n) is 3.91. The second kappa shape index (κ2) is 6.74. The first kappa shape index (κ1) is 13.3. The maximum absolute atomic E-state index is 4.23. The van der Waals surface area contributed by atoms with Crippen LogP contribution in [0.4, 0.5) is 5.69 Å². The fourth-order valence-electron chi connectivity index (χ4n) is 2.97. The Labute approximate surface area is 111 Å². The number of anilines is 1. The van der Waals surface area contributed by atoms with E-state index in [-0.39, 0.29) is 0 Å². The van der Waals surface area contributed by atoms with E-state index in [1.54, 1.807) is 0 Å². The van der Waals surface area contributed by atoms with Crippen molar-refractivity contribution >= 4 is 5.69 Å². The van der Waals surface area contributed by atoms with Crippen LogP contribution in [0.1, 0.15) is 37.7 Å². The van der Waals surface area contributed by atoms with Crippen LogP contribution in [0.25, 0.3) is 0 Å².